The topological polar surface area (TPSA) is 63.5 Å². The largest absolute Gasteiger partial charge is 0.378 e. The van der Waals surface area contributed by atoms with Crippen LogP contribution < -0.4 is 0 Å². The van der Waals surface area contributed by atoms with Gasteiger partial charge in [-0.2, -0.15) is 5.10 Å². The van der Waals surface area contributed by atoms with Crippen LogP contribution in [-0.2, 0) is 18.3 Å². The number of carbonyl (C=O) groups excluding carboxylic acids is 1. The highest BCUT2D eigenvalue weighted by atomic mass is 32.1. The molecule has 7 nitrogen and oxygen atoms in total. The molecule has 0 saturated carbocycles. The van der Waals surface area contributed by atoms with Gasteiger partial charge < -0.3 is 9.64 Å². The number of ether oxygens (including phenoxy) is 1. The second-order valence-corrected chi connectivity index (χ2v) is 9.40. The summed E-state index contributed by atoms with van der Waals surface area (Å²) in [6.07, 6.45) is 1.82. The lowest BCUT2D eigenvalue weighted by Crippen LogP contribution is -2.61. The first-order valence-electron chi connectivity index (χ1n) is 10.5. The van der Waals surface area contributed by atoms with Gasteiger partial charge in [0.05, 0.1) is 29.4 Å². The van der Waals surface area contributed by atoms with Crippen LogP contribution in [0.5, 0.6) is 0 Å². The predicted octanol–water partition coefficient (Wildman–Crippen LogP) is 2.85. The Balaban J connectivity index is 1.32. The molecule has 1 spiro atoms. The molecule has 4 heterocycles. The molecule has 8 heteroatoms. The number of amides is 1. The standard InChI is InChI=1S/C22H27N5O2S/c1-16-23-17(14-30-16)13-27-11-12-29-15-22(27)7-9-26(10-8-22)21(28)20-18-5-3-4-6-19(18)25(2)24-20/h3-6,14H,7-13,15H2,1-2H3. The van der Waals surface area contributed by atoms with Gasteiger partial charge in [-0.15, -0.1) is 11.3 Å². The van der Waals surface area contributed by atoms with Crippen LogP contribution in [0.2, 0.25) is 0 Å². The number of fused-ring (bicyclic) bond motifs is 1. The maximum absolute atomic E-state index is 13.3. The van der Waals surface area contributed by atoms with Crippen LogP contribution in [-0.4, -0.2) is 68.9 Å². The maximum Gasteiger partial charge on any atom is 0.275 e. The minimum atomic E-state index is -0.0151. The molecule has 0 N–H and O–H groups in total. The van der Waals surface area contributed by atoms with Crippen molar-refractivity contribution in [2.24, 2.45) is 7.05 Å². The number of aryl methyl sites for hydroxylation is 2. The number of morpholine rings is 1. The summed E-state index contributed by atoms with van der Waals surface area (Å²) in [4.78, 5) is 22.4. The Labute approximate surface area is 180 Å². The molecule has 2 aliphatic rings. The highest BCUT2D eigenvalue weighted by Crippen LogP contribution is 2.34. The summed E-state index contributed by atoms with van der Waals surface area (Å²) in [5.74, 6) is 0.0278. The smallest absolute Gasteiger partial charge is 0.275 e. The van der Waals surface area contributed by atoms with Crippen LogP contribution in [0.1, 0.15) is 34.0 Å². The first-order chi connectivity index (χ1) is 14.6. The number of aromatic nitrogens is 3. The first-order valence-corrected chi connectivity index (χ1v) is 11.4. The van der Waals surface area contributed by atoms with Crippen molar-refractivity contribution in [1.29, 1.82) is 0 Å². The molecule has 2 fully saturated rings. The second-order valence-electron chi connectivity index (χ2n) is 8.34. The summed E-state index contributed by atoms with van der Waals surface area (Å²) in [5, 5.41) is 8.71. The molecule has 1 amide bonds. The van der Waals surface area contributed by atoms with Gasteiger partial charge in [0.15, 0.2) is 5.69 Å². The summed E-state index contributed by atoms with van der Waals surface area (Å²) < 4.78 is 7.69. The summed E-state index contributed by atoms with van der Waals surface area (Å²) in [5.41, 5.74) is 2.66. The lowest BCUT2D eigenvalue weighted by atomic mass is 9.85. The SMILES string of the molecule is Cc1nc(CN2CCOCC23CCN(C(=O)c2nn(C)c4ccccc24)CC3)cs1. The molecule has 0 aliphatic carbocycles. The number of piperidine rings is 1. The Morgan fingerprint density at radius 1 is 1.23 bits per heavy atom. The number of thiazole rings is 1. The van der Waals surface area contributed by atoms with E-state index < -0.39 is 0 Å². The molecule has 3 aromatic rings. The number of likely N-dealkylation sites (tertiary alicyclic amines) is 1. The molecule has 2 saturated heterocycles. The Bertz CT molecular complexity index is 1070. The van der Waals surface area contributed by atoms with Crippen LogP contribution in [0.15, 0.2) is 29.6 Å². The van der Waals surface area contributed by atoms with Crippen molar-refractivity contribution < 1.29 is 9.53 Å². The Morgan fingerprint density at radius 3 is 2.80 bits per heavy atom. The zero-order valence-corrected chi connectivity index (χ0v) is 18.3. The van der Waals surface area contributed by atoms with Gasteiger partial charge in [-0.25, -0.2) is 4.98 Å². The van der Waals surface area contributed by atoms with Crippen molar-refractivity contribution in [3.63, 3.8) is 0 Å². The van der Waals surface area contributed by atoms with Crippen molar-refractivity contribution in [1.82, 2.24) is 24.6 Å². The Hall–Kier alpha value is -2.29. The van der Waals surface area contributed by atoms with Crippen LogP contribution >= 0.6 is 11.3 Å². The van der Waals surface area contributed by atoms with E-state index in [1.807, 2.05) is 36.2 Å². The zero-order chi connectivity index (χ0) is 20.7. The molecular formula is C22H27N5O2S. The second kappa shape index (κ2) is 7.76. The number of nitrogens with zero attached hydrogens (tertiary/aromatic N) is 5. The molecule has 0 atom stereocenters. The lowest BCUT2D eigenvalue weighted by molar-refractivity contribution is -0.0962. The first kappa shape index (κ1) is 19.7. The van der Waals surface area contributed by atoms with E-state index in [2.05, 4.69) is 27.3 Å². The van der Waals surface area contributed by atoms with Crippen molar-refractivity contribution >= 4 is 28.1 Å². The van der Waals surface area contributed by atoms with E-state index in [0.717, 1.165) is 73.8 Å². The fourth-order valence-electron chi connectivity index (χ4n) is 4.80. The fraction of sp³-hybridized carbons (Fsp3) is 0.500. The van der Waals surface area contributed by atoms with Gasteiger partial charge in [-0.05, 0) is 25.8 Å². The van der Waals surface area contributed by atoms with E-state index in [1.54, 1.807) is 16.0 Å². The van der Waals surface area contributed by atoms with Gasteiger partial charge in [0.25, 0.3) is 5.91 Å². The third-order valence-electron chi connectivity index (χ3n) is 6.51. The number of benzene rings is 1. The molecule has 0 radical (unpaired) electrons. The molecule has 0 unspecified atom stereocenters. The number of para-hydroxylation sites is 1. The average molecular weight is 426 g/mol. The molecule has 30 heavy (non-hydrogen) atoms. The molecule has 2 aromatic heterocycles. The van der Waals surface area contributed by atoms with Gasteiger partial charge in [0.1, 0.15) is 0 Å². The van der Waals surface area contributed by atoms with E-state index >= 15 is 0 Å². The molecular weight excluding hydrogens is 398 g/mol. The van der Waals surface area contributed by atoms with Gasteiger partial charge in [-0.1, -0.05) is 18.2 Å². The van der Waals surface area contributed by atoms with Gasteiger partial charge in [0.2, 0.25) is 0 Å². The number of hydrogen-bond donors (Lipinski definition) is 0. The van der Waals surface area contributed by atoms with Crippen LogP contribution in [0.3, 0.4) is 0 Å². The summed E-state index contributed by atoms with van der Waals surface area (Å²) in [7, 11) is 1.89. The van der Waals surface area contributed by atoms with Crippen LogP contribution in [0.25, 0.3) is 10.9 Å². The number of rotatable bonds is 3. The summed E-state index contributed by atoms with van der Waals surface area (Å²) >= 11 is 1.70. The third-order valence-corrected chi connectivity index (χ3v) is 7.33. The molecule has 2 aliphatic heterocycles. The van der Waals surface area contributed by atoms with Gasteiger partial charge in [0, 0.05) is 49.5 Å². The fourth-order valence-corrected chi connectivity index (χ4v) is 5.40. The Morgan fingerprint density at radius 2 is 2.03 bits per heavy atom. The van der Waals surface area contributed by atoms with Gasteiger partial charge in [-0.3, -0.25) is 14.4 Å². The van der Waals surface area contributed by atoms with E-state index in [0.29, 0.717) is 5.69 Å². The van der Waals surface area contributed by atoms with E-state index in [-0.39, 0.29) is 11.4 Å². The third kappa shape index (κ3) is 3.42. The predicted molar refractivity (Wildman–Crippen MR) is 117 cm³/mol. The average Bonchev–Trinajstić information content (AvgIpc) is 3.33. The van der Waals surface area contributed by atoms with Crippen molar-refractivity contribution in [2.75, 3.05) is 32.8 Å². The van der Waals surface area contributed by atoms with Gasteiger partial charge >= 0.3 is 0 Å². The maximum atomic E-state index is 13.3. The van der Waals surface area contributed by atoms with Crippen LogP contribution in [0, 0.1) is 6.92 Å². The van der Waals surface area contributed by atoms with Crippen molar-refractivity contribution in [3.05, 3.63) is 46.0 Å². The molecule has 5 rings (SSSR count). The van der Waals surface area contributed by atoms with Crippen molar-refractivity contribution in [3.8, 4) is 0 Å². The summed E-state index contributed by atoms with van der Waals surface area (Å²) in [6, 6.07) is 7.92. The minimum absolute atomic E-state index is 0.0151. The van der Waals surface area contributed by atoms with Crippen molar-refractivity contribution in [2.45, 2.75) is 31.8 Å². The van der Waals surface area contributed by atoms with Crippen LogP contribution in [0.4, 0.5) is 0 Å². The molecule has 0 bridgehead atoms. The molecule has 1 aromatic carbocycles. The monoisotopic (exact) mass is 425 g/mol. The Kier molecular flexibility index (Phi) is 5.08. The number of carbonyl (C=O) groups is 1. The van der Waals surface area contributed by atoms with E-state index in [1.165, 1.54) is 0 Å². The minimum Gasteiger partial charge on any atom is -0.378 e. The highest BCUT2D eigenvalue weighted by molar-refractivity contribution is 7.09. The normalized spacial score (nSPS) is 19.6. The van der Waals surface area contributed by atoms with E-state index in [9.17, 15) is 4.79 Å². The highest BCUT2D eigenvalue weighted by Gasteiger charge is 2.43. The summed E-state index contributed by atoms with van der Waals surface area (Å²) in [6.45, 7) is 6.74. The zero-order valence-electron chi connectivity index (χ0n) is 17.5. The van der Waals surface area contributed by atoms with E-state index in [4.69, 9.17) is 4.74 Å². The number of hydrogen-bond acceptors (Lipinski definition) is 6. The quantitative estimate of drug-likeness (QED) is 0.646. The molecule has 158 valence electrons. The lowest BCUT2D eigenvalue weighted by Gasteiger charge is -2.50.